The van der Waals surface area contributed by atoms with Crippen molar-refractivity contribution >= 4 is 11.4 Å². The zero-order chi connectivity index (χ0) is 14.6. The fourth-order valence-corrected chi connectivity index (χ4v) is 1.77. The SMILES string of the molecule is CCC(N)(CC)CNc1cc(C)c([N+](=O)[O-])cc1F. The highest BCUT2D eigenvalue weighted by atomic mass is 19.1. The van der Waals surface area contributed by atoms with Crippen LogP contribution in [0, 0.1) is 22.9 Å². The normalized spacial score (nSPS) is 11.4. The van der Waals surface area contributed by atoms with Crippen LogP contribution in [-0.4, -0.2) is 17.0 Å². The minimum absolute atomic E-state index is 0.215. The monoisotopic (exact) mass is 269 g/mol. The Hall–Kier alpha value is -1.69. The van der Waals surface area contributed by atoms with E-state index in [1.807, 2.05) is 13.8 Å². The van der Waals surface area contributed by atoms with E-state index in [1.54, 1.807) is 6.92 Å². The molecule has 0 atom stereocenters. The van der Waals surface area contributed by atoms with Crippen LogP contribution in [0.5, 0.6) is 0 Å². The number of nitrogens with two attached hydrogens (primary N) is 1. The van der Waals surface area contributed by atoms with Gasteiger partial charge in [-0.1, -0.05) is 13.8 Å². The highest BCUT2D eigenvalue weighted by molar-refractivity contribution is 5.55. The van der Waals surface area contributed by atoms with Crippen molar-refractivity contribution in [2.75, 3.05) is 11.9 Å². The second-order valence-corrected chi connectivity index (χ2v) is 4.80. The maximum atomic E-state index is 13.8. The molecule has 0 bridgehead atoms. The van der Waals surface area contributed by atoms with Crippen molar-refractivity contribution in [2.45, 2.75) is 39.2 Å². The summed E-state index contributed by atoms with van der Waals surface area (Å²) in [7, 11) is 0. The lowest BCUT2D eigenvalue weighted by Crippen LogP contribution is -2.45. The Morgan fingerprint density at radius 1 is 1.42 bits per heavy atom. The van der Waals surface area contributed by atoms with Crippen LogP contribution in [0.25, 0.3) is 0 Å². The number of nitro benzene ring substituents is 1. The van der Waals surface area contributed by atoms with Crippen molar-refractivity contribution < 1.29 is 9.31 Å². The van der Waals surface area contributed by atoms with E-state index in [2.05, 4.69) is 5.32 Å². The molecule has 0 unspecified atom stereocenters. The van der Waals surface area contributed by atoms with Gasteiger partial charge in [-0.05, 0) is 25.8 Å². The number of nitrogens with one attached hydrogen (secondary N) is 1. The molecule has 0 amide bonds. The van der Waals surface area contributed by atoms with Crippen LogP contribution in [0.2, 0.25) is 0 Å². The van der Waals surface area contributed by atoms with E-state index in [9.17, 15) is 14.5 Å². The summed E-state index contributed by atoms with van der Waals surface area (Å²) in [5.74, 6) is -0.633. The molecule has 0 spiro atoms. The zero-order valence-electron chi connectivity index (χ0n) is 11.5. The number of aryl methyl sites for hydroxylation is 1. The van der Waals surface area contributed by atoms with Crippen LogP contribution in [0.1, 0.15) is 32.3 Å². The molecule has 19 heavy (non-hydrogen) atoms. The van der Waals surface area contributed by atoms with Gasteiger partial charge in [0, 0.05) is 17.6 Å². The Balaban J connectivity index is 2.92. The molecule has 106 valence electrons. The highest BCUT2D eigenvalue weighted by Crippen LogP contribution is 2.26. The number of hydrogen-bond acceptors (Lipinski definition) is 4. The summed E-state index contributed by atoms with van der Waals surface area (Å²) in [6.45, 7) is 5.96. The van der Waals surface area contributed by atoms with E-state index < -0.39 is 16.3 Å². The number of hydrogen-bond donors (Lipinski definition) is 2. The molecule has 0 aliphatic heterocycles. The molecule has 0 saturated heterocycles. The van der Waals surface area contributed by atoms with Gasteiger partial charge in [-0.25, -0.2) is 4.39 Å². The number of nitro groups is 1. The quantitative estimate of drug-likeness (QED) is 0.614. The summed E-state index contributed by atoms with van der Waals surface area (Å²) in [6.07, 6.45) is 1.54. The van der Waals surface area contributed by atoms with Crippen LogP contribution in [0.3, 0.4) is 0 Å². The van der Waals surface area contributed by atoms with E-state index in [4.69, 9.17) is 5.73 Å². The minimum atomic E-state index is -0.633. The van der Waals surface area contributed by atoms with Crippen molar-refractivity contribution in [2.24, 2.45) is 5.73 Å². The molecule has 0 aromatic heterocycles. The first-order valence-electron chi connectivity index (χ1n) is 6.30. The number of halogens is 1. The Bertz CT molecular complexity index is 473. The van der Waals surface area contributed by atoms with Crippen LogP contribution in [0.15, 0.2) is 12.1 Å². The van der Waals surface area contributed by atoms with Crippen LogP contribution in [0.4, 0.5) is 15.8 Å². The van der Waals surface area contributed by atoms with Gasteiger partial charge in [-0.15, -0.1) is 0 Å². The third-order valence-electron chi connectivity index (χ3n) is 3.52. The molecular formula is C13H20FN3O2. The molecule has 6 heteroatoms. The molecule has 0 radical (unpaired) electrons. The fourth-order valence-electron chi connectivity index (χ4n) is 1.77. The third kappa shape index (κ3) is 3.64. The molecule has 0 aliphatic rings. The van der Waals surface area contributed by atoms with Crippen molar-refractivity contribution in [3.8, 4) is 0 Å². The summed E-state index contributed by atoms with van der Waals surface area (Å²) in [6, 6.07) is 2.38. The van der Waals surface area contributed by atoms with Crippen LogP contribution < -0.4 is 11.1 Å². The second-order valence-electron chi connectivity index (χ2n) is 4.80. The lowest BCUT2D eigenvalue weighted by Gasteiger charge is -2.27. The molecule has 1 aromatic rings. The van der Waals surface area contributed by atoms with E-state index in [-0.39, 0.29) is 11.4 Å². The van der Waals surface area contributed by atoms with Gasteiger partial charge >= 0.3 is 0 Å². The first-order chi connectivity index (χ1) is 8.83. The lowest BCUT2D eigenvalue weighted by atomic mass is 9.94. The second kappa shape index (κ2) is 5.97. The van der Waals surface area contributed by atoms with Gasteiger partial charge in [0.1, 0.15) is 0 Å². The topological polar surface area (TPSA) is 81.2 Å². The summed E-state index contributed by atoms with van der Waals surface area (Å²) in [5.41, 5.74) is 6.17. The zero-order valence-corrected chi connectivity index (χ0v) is 11.5. The molecule has 0 heterocycles. The maximum absolute atomic E-state index is 13.8. The summed E-state index contributed by atoms with van der Waals surface area (Å²) in [4.78, 5) is 10.1. The first-order valence-corrected chi connectivity index (χ1v) is 6.30. The van der Waals surface area contributed by atoms with E-state index in [1.165, 1.54) is 6.07 Å². The van der Waals surface area contributed by atoms with E-state index >= 15 is 0 Å². The molecule has 3 N–H and O–H groups in total. The average molecular weight is 269 g/mol. The molecule has 0 saturated carbocycles. The highest BCUT2D eigenvalue weighted by Gasteiger charge is 2.21. The van der Waals surface area contributed by atoms with Crippen LogP contribution in [-0.2, 0) is 0 Å². The predicted octanol–water partition coefficient (Wildman–Crippen LogP) is 2.97. The van der Waals surface area contributed by atoms with Crippen LogP contribution >= 0.6 is 0 Å². The molecule has 0 aliphatic carbocycles. The molecule has 1 aromatic carbocycles. The fraction of sp³-hybridized carbons (Fsp3) is 0.538. The lowest BCUT2D eigenvalue weighted by molar-refractivity contribution is -0.385. The van der Waals surface area contributed by atoms with Gasteiger partial charge in [0.2, 0.25) is 0 Å². The van der Waals surface area contributed by atoms with Gasteiger partial charge in [0.15, 0.2) is 5.82 Å². The smallest absolute Gasteiger partial charge is 0.275 e. The standard InChI is InChI=1S/C13H20FN3O2/c1-4-13(15,5-2)8-16-11-6-9(3)12(17(18)19)7-10(11)14/h6-7,16H,4-5,8,15H2,1-3H3. The van der Waals surface area contributed by atoms with Crippen molar-refractivity contribution in [1.29, 1.82) is 0 Å². The third-order valence-corrected chi connectivity index (χ3v) is 3.52. The number of rotatable bonds is 6. The number of nitrogens with zero attached hydrogens (tertiary/aromatic N) is 1. The van der Waals surface area contributed by atoms with Gasteiger partial charge in [0.05, 0.1) is 16.7 Å². The Morgan fingerprint density at radius 2 is 2.00 bits per heavy atom. The molecule has 1 rings (SSSR count). The van der Waals surface area contributed by atoms with Crippen molar-refractivity contribution in [3.63, 3.8) is 0 Å². The maximum Gasteiger partial charge on any atom is 0.275 e. The van der Waals surface area contributed by atoms with Gasteiger partial charge in [-0.2, -0.15) is 0 Å². The summed E-state index contributed by atoms with van der Waals surface area (Å²) >= 11 is 0. The van der Waals surface area contributed by atoms with Crippen molar-refractivity contribution in [3.05, 3.63) is 33.6 Å². The van der Waals surface area contributed by atoms with E-state index in [0.717, 1.165) is 18.9 Å². The van der Waals surface area contributed by atoms with Gasteiger partial charge in [0.25, 0.3) is 5.69 Å². The summed E-state index contributed by atoms with van der Waals surface area (Å²) < 4.78 is 13.8. The molecule has 0 fully saturated rings. The Labute approximate surface area is 112 Å². The first kappa shape index (κ1) is 15.4. The summed E-state index contributed by atoms with van der Waals surface area (Å²) in [5, 5.41) is 13.6. The van der Waals surface area contributed by atoms with Gasteiger partial charge < -0.3 is 11.1 Å². The van der Waals surface area contributed by atoms with Gasteiger partial charge in [-0.3, -0.25) is 10.1 Å². The largest absolute Gasteiger partial charge is 0.381 e. The Morgan fingerprint density at radius 3 is 2.47 bits per heavy atom. The molecular weight excluding hydrogens is 249 g/mol. The number of benzene rings is 1. The van der Waals surface area contributed by atoms with E-state index in [0.29, 0.717) is 12.1 Å². The number of anilines is 1. The Kier molecular flexibility index (Phi) is 4.83. The predicted molar refractivity (Wildman–Crippen MR) is 73.8 cm³/mol. The minimum Gasteiger partial charge on any atom is -0.381 e. The average Bonchev–Trinajstić information content (AvgIpc) is 2.38. The van der Waals surface area contributed by atoms with Crippen molar-refractivity contribution in [1.82, 2.24) is 0 Å². The molecule has 5 nitrogen and oxygen atoms in total.